The maximum absolute atomic E-state index is 10.9. The lowest BCUT2D eigenvalue weighted by molar-refractivity contribution is -0.122. The van der Waals surface area contributed by atoms with Crippen LogP contribution in [-0.2, 0) is 11.3 Å². The molecule has 1 amide bonds. The number of hydrogen-bond acceptors (Lipinski definition) is 3. The van der Waals surface area contributed by atoms with Gasteiger partial charge in [0.1, 0.15) is 5.75 Å². The van der Waals surface area contributed by atoms with Gasteiger partial charge >= 0.3 is 0 Å². The van der Waals surface area contributed by atoms with Gasteiger partial charge in [-0.05, 0) is 23.8 Å². The van der Waals surface area contributed by atoms with Crippen LogP contribution < -0.4 is 15.8 Å². The second-order valence-corrected chi connectivity index (χ2v) is 5.76. The van der Waals surface area contributed by atoms with Gasteiger partial charge in [-0.3, -0.25) is 4.79 Å². The zero-order chi connectivity index (χ0) is 14.4. The van der Waals surface area contributed by atoms with Gasteiger partial charge in [-0.15, -0.1) is 0 Å². The lowest BCUT2D eigenvalue weighted by Crippen LogP contribution is -2.25. The van der Waals surface area contributed by atoms with Crippen molar-refractivity contribution in [3.63, 3.8) is 0 Å². The summed E-state index contributed by atoms with van der Waals surface area (Å²) >= 11 is 3.51. The second kappa shape index (κ2) is 7.50. The first-order chi connectivity index (χ1) is 8.90. The van der Waals surface area contributed by atoms with Gasteiger partial charge in [-0.1, -0.05) is 36.7 Å². The molecule has 3 N–H and O–H groups in total. The molecule has 1 aromatic rings. The Morgan fingerprint density at radius 2 is 2.11 bits per heavy atom. The number of nitrogens with one attached hydrogen (secondary N) is 1. The standard InChI is InChI=1S/C14H21BrN2O2/c1-9(2)17-7-11-6-12(4-5-13(11)15)19-8-10(3)14(16)18/h4-6,9-10,17H,7-8H2,1-3H3,(H2,16,18). The fourth-order valence-corrected chi connectivity index (χ4v) is 1.78. The first-order valence-electron chi connectivity index (χ1n) is 6.34. The van der Waals surface area contributed by atoms with Crippen molar-refractivity contribution >= 4 is 21.8 Å². The van der Waals surface area contributed by atoms with Crippen molar-refractivity contribution in [2.75, 3.05) is 6.61 Å². The maximum atomic E-state index is 10.9. The monoisotopic (exact) mass is 328 g/mol. The number of ether oxygens (including phenoxy) is 1. The van der Waals surface area contributed by atoms with Gasteiger partial charge in [0.25, 0.3) is 0 Å². The number of amides is 1. The van der Waals surface area contributed by atoms with E-state index in [1.165, 1.54) is 0 Å². The van der Waals surface area contributed by atoms with Crippen LogP contribution in [0.2, 0.25) is 0 Å². The van der Waals surface area contributed by atoms with E-state index in [9.17, 15) is 4.79 Å². The maximum Gasteiger partial charge on any atom is 0.223 e. The Hall–Kier alpha value is -1.07. The van der Waals surface area contributed by atoms with E-state index < -0.39 is 0 Å². The summed E-state index contributed by atoms with van der Waals surface area (Å²) in [6, 6.07) is 6.21. The van der Waals surface area contributed by atoms with E-state index in [1.807, 2.05) is 18.2 Å². The summed E-state index contributed by atoms with van der Waals surface area (Å²) in [5.41, 5.74) is 6.32. The minimum atomic E-state index is -0.348. The molecular formula is C14H21BrN2O2. The highest BCUT2D eigenvalue weighted by molar-refractivity contribution is 9.10. The first-order valence-corrected chi connectivity index (χ1v) is 7.13. The summed E-state index contributed by atoms with van der Waals surface area (Å²) in [7, 11) is 0. The topological polar surface area (TPSA) is 64.3 Å². The third-order valence-electron chi connectivity index (χ3n) is 2.70. The molecule has 4 nitrogen and oxygen atoms in total. The van der Waals surface area contributed by atoms with E-state index in [-0.39, 0.29) is 11.8 Å². The predicted molar refractivity (Wildman–Crippen MR) is 80.0 cm³/mol. The third-order valence-corrected chi connectivity index (χ3v) is 3.48. The molecule has 0 aliphatic carbocycles. The largest absolute Gasteiger partial charge is 0.493 e. The molecule has 0 saturated heterocycles. The van der Waals surface area contributed by atoms with Crippen molar-refractivity contribution < 1.29 is 9.53 Å². The Morgan fingerprint density at radius 3 is 2.68 bits per heavy atom. The molecule has 1 unspecified atom stereocenters. The number of carbonyl (C=O) groups is 1. The number of primary amides is 1. The minimum Gasteiger partial charge on any atom is -0.493 e. The normalized spacial score (nSPS) is 12.5. The summed E-state index contributed by atoms with van der Waals surface area (Å²) in [4.78, 5) is 10.9. The lowest BCUT2D eigenvalue weighted by atomic mass is 10.2. The predicted octanol–water partition coefficient (Wildman–Crippen LogP) is 2.45. The van der Waals surface area contributed by atoms with Crippen LogP contribution in [0, 0.1) is 5.92 Å². The van der Waals surface area contributed by atoms with Gasteiger partial charge in [0, 0.05) is 17.1 Å². The molecule has 1 rings (SSSR count). The Bertz CT molecular complexity index is 435. The molecule has 19 heavy (non-hydrogen) atoms. The van der Waals surface area contributed by atoms with E-state index in [1.54, 1.807) is 6.92 Å². The molecule has 1 aromatic carbocycles. The lowest BCUT2D eigenvalue weighted by Gasteiger charge is -2.13. The molecule has 106 valence electrons. The molecule has 0 aliphatic rings. The molecule has 0 aromatic heterocycles. The van der Waals surface area contributed by atoms with E-state index in [0.29, 0.717) is 12.6 Å². The fourth-order valence-electron chi connectivity index (χ4n) is 1.39. The average Bonchev–Trinajstić information content (AvgIpc) is 2.35. The minimum absolute atomic E-state index is 0.291. The zero-order valence-corrected chi connectivity index (χ0v) is 13.2. The highest BCUT2D eigenvalue weighted by atomic mass is 79.9. The van der Waals surface area contributed by atoms with Crippen LogP contribution in [0.4, 0.5) is 0 Å². The molecule has 0 spiro atoms. The molecule has 5 heteroatoms. The Kier molecular flexibility index (Phi) is 6.31. The number of rotatable bonds is 7. The number of halogens is 1. The molecule has 0 heterocycles. The van der Waals surface area contributed by atoms with Gasteiger partial charge in [0.15, 0.2) is 0 Å². The number of carbonyl (C=O) groups excluding carboxylic acids is 1. The van der Waals surface area contributed by atoms with E-state index in [4.69, 9.17) is 10.5 Å². The third kappa shape index (κ3) is 5.61. The van der Waals surface area contributed by atoms with Crippen LogP contribution >= 0.6 is 15.9 Å². The molecule has 0 bridgehead atoms. The van der Waals surface area contributed by atoms with Gasteiger partial charge < -0.3 is 15.8 Å². The Labute approximate surface area is 122 Å². The van der Waals surface area contributed by atoms with Gasteiger partial charge in [-0.25, -0.2) is 0 Å². The van der Waals surface area contributed by atoms with Crippen LogP contribution in [0.3, 0.4) is 0 Å². The zero-order valence-electron chi connectivity index (χ0n) is 11.6. The summed E-state index contributed by atoms with van der Waals surface area (Å²) in [5, 5.41) is 3.35. The van der Waals surface area contributed by atoms with Crippen molar-refractivity contribution in [1.82, 2.24) is 5.32 Å². The van der Waals surface area contributed by atoms with Crippen LogP contribution in [-0.4, -0.2) is 18.6 Å². The second-order valence-electron chi connectivity index (χ2n) is 4.90. The number of hydrogen-bond donors (Lipinski definition) is 2. The summed E-state index contributed by atoms with van der Waals surface area (Å²) in [6.45, 7) is 7.02. The molecule has 0 aliphatic heterocycles. The Morgan fingerprint density at radius 1 is 1.42 bits per heavy atom. The van der Waals surface area contributed by atoms with E-state index in [2.05, 4.69) is 35.1 Å². The highest BCUT2D eigenvalue weighted by Crippen LogP contribution is 2.23. The van der Waals surface area contributed by atoms with Crippen LogP contribution in [0.25, 0.3) is 0 Å². The van der Waals surface area contributed by atoms with Crippen molar-refractivity contribution in [1.29, 1.82) is 0 Å². The van der Waals surface area contributed by atoms with Crippen LogP contribution in [0.1, 0.15) is 26.3 Å². The number of nitrogens with two attached hydrogens (primary N) is 1. The van der Waals surface area contributed by atoms with Crippen molar-refractivity contribution in [3.05, 3.63) is 28.2 Å². The smallest absolute Gasteiger partial charge is 0.223 e. The van der Waals surface area contributed by atoms with Crippen LogP contribution in [0.5, 0.6) is 5.75 Å². The molecule has 0 saturated carbocycles. The molecule has 1 atom stereocenters. The summed E-state index contributed by atoms with van der Waals surface area (Å²) in [6.07, 6.45) is 0. The van der Waals surface area contributed by atoms with Gasteiger partial charge in [-0.2, -0.15) is 0 Å². The van der Waals surface area contributed by atoms with E-state index in [0.717, 1.165) is 22.3 Å². The summed E-state index contributed by atoms with van der Waals surface area (Å²) in [5.74, 6) is 0.108. The molecule has 0 radical (unpaired) electrons. The van der Waals surface area contributed by atoms with E-state index >= 15 is 0 Å². The average molecular weight is 329 g/mol. The number of benzene rings is 1. The van der Waals surface area contributed by atoms with Crippen molar-refractivity contribution in [3.8, 4) is 5.75 Å². The SMILES string of the molecule is CC(C)NCc1cc(OCC(C)C(N)=O)ccc1Br. The van der Waals surface area contributed by atoms with Gasteiger partial charge in [0.2, 0.25) is 5.91 Å². The van der Waals surface area contributed by atoms with Gasteiger partial charge in [0.05, 0.1) is 12.5 Å². The van der Waals surface area contributed by atoms with Crippen molar-refractivity contribution in [2.24, 2.45) is 11.7 Å². The quantitative estimate of drug-likeness (QED) is 0.808. The fraction of sp³-hybridized carbons (Fsp3) is 0.500. The molecular weight excluding hydrogens is 308 g/mol. The Balaban J connectivity index is 2.65. The molecule has 0 fully saturated rings. The highest BCUT2D eigenvalue weighted by Gasteiger charge is 2.10. The summed E-state index contributed by atoms with van der Waals surface area (Å²) < 4.78 is 6.62. The van der Waals surface area contributed by atoms with Crippen LogP contribution in [0.15, 0.2) is 22.7 Å². The van der Waals surface area contributed by atoms with Crippen molar-refractivity contribution in [2.45, 2.75) is 33.4 Å². The first kappa shape index (κ1) is 16.0.